The second-order valence-corrected chi connectivity index (χ2v) is 10.2. The van der Waals surface area contributed by atoms with Crippen molar-refractivity contribution in [2.75, 3.05) is 41.4 Å². The molecule has 4 rings (SSSR count). The fourth-order valence-corrected chi connectivity index (χ4v) is 5.38. The lowest BCUT2D eigenvalue weighted by molar-refractivity contribution is -0.141. The lowest BCUT2D eigenvalue weighted by Crippen LogP contribution is -2.38. The van der Waals surface area contributed by atoms with Gasteiger partial charge in [-0.15, -0.1) is 0 Å². The number of allylic oxidation sites excluding steroid dienone is 1. The Kier molecular flexibility index (Phi) is 9.32. The first kappa shape index (κ1) is 28.3. The predicted molar refractivity (Wildman–Crippen MR) is 152 cm³/mol. The number of fused-ring (bicyclic) bond motifs is 1. The highest BCUT2D eigenvalue weighted by atomic mass is 32.2. The summed E-state index contributed by atoms with van der Waals surface area (Å²) in [5.41, 5.74) is 3.40. The van der Waals surface area contributed by atoms with E-state index in [4.69, 9.17) is 19.2 Å². The van der Waals surface area contributed by atoms with Crippen LogP contribution in [0.2, 0.25) is 0 Å². The van der Waals surface area contributed by atoms with Gasteiger partial charge in [0.1, 0.15) is 6.61 Å². The van der Waals surface area contributed by atoms with Crippen molar-refractivity contribution >= 4 is 28.8 Å². The lowest BCUT2D eigenvalue weighted by Gasteiger charge is -2.36. The number of hydrogen-bond donors (Lipinski definition) is 1. The molecule has 1 atom stereocenters. The van der Waals surface area contributed by atoms with Gasteiger partial charge in [-0.05, 0) is 49.7 Å². The topological polar surface area (TPSA) is 92.7 Å². The molecular formula is C29H34N4O5S. The number of carbonyl (C=O) groups excluding carboxylic acids is 2. The van der Waals surface area contributed by atoms with Gasteiger partial charge < -0.3 is 29.3 Å². The first-order chi connectivity index (χ1) is 18.8. The van der Waals surface area contributed by atoms with E-state index in [9.17, 15) is 9.59 Å². The molecule has 2 aromatic rings. The Balaban J connectivity index is 1.67. The molecule has 10 heteroatoms. The van der Waals surface area contributed by atoms with E-state index in [0.29, 0.717) is 34.5 Å². The van der Waals surface area contributed by atoms with Crippen LogP contribution in [0.25, 0.3) is 0 Å². The van der Waals surface area contributed by atoms with Gasteiger partial charge in [0.25, 0.3) is 0 Å². The van der Waals surface area contributed by atoms with Crippen molar-refractivity contribution in [2.45, 2.75) is 26.0 Å². The van der Waals surface area contributed by atoms with Gasteiger partial charge in [-0.1, -0.05) is 48.2 Å². The number of amidine groups is 1. The highest BCUT2D eigenvalue weighted by Gasteiger charge is 2.41. The standard InChI is InChI=1S/C29H34N4O5S/c1-19-26(28(35)38-17-20-9-7-6-8-10-20)27(21-11-12-23(36-4)24(15-21)37-5)33-22(18-39-29(33)31-19)16-25(34)30-13-14-32(2)3/h6-12,15,18,27H,13-14,16-17H2,1-5H3,(H,30,34). The number of aliphatic imine (C=N–C) groups is 1. The molecule has 0 radical (unpaired) electrons. The number of esters is 1. The zero-order valence-electron chi connectivity index (χ0n) is 22.9. The molecule has 0 fully saturated rings. The van der Waals surface area contributed by atoms with Gasteiger partial charge in [-0.25, -0.2) is 9.79 Å². The van der Waals surface area contributed by atoms with E-state index in [1.165, 1.54) is 11.8 Å². The maximum Gasteiger partial charge on any atom is 0.338 e. The molecule has 2 aliphatic heterocycles. The Hall–Kier alpha value is -3.76. The third kappa shape index (κ3) is 6.63. The van der Waals surface area contributed by atoms with Gasteiger partial charge in [0.15, 0.2) is 16.7 Å². The summed E-state index contributed by atoms with van der Waals surface area (Å²) >= 11 is 1.43. The van der Waals surface area contributed by atoms with Crippen LogP contribution in [-0.2, 0) is 20.9 Å². The van der Waals surface area contributed by atoms with E-state index in [1.807, 2.05) is 84.8 Å². The van der Waals surface area contributed by atoms with E-state index in [-0.39, 0.29) is 18.9 Å². The highest BCUT2D eigenvalue weighted by molar-refractivity contribution is 8.16. The first-order valence-corrected chi connectivity index (χ1v) is 13.5. The first-order valence-electron chi connectivity index (χ1n) is 12.6. The minimum Gasteiger partial charge on any atom is -0.493 e. The molecule has 0 saturated carbocycles. The molecule has 1 unspecified atom stereocenters. The van der Waals surface area contributed by atoms with Crippen molar-refractivity contribution in [3.63, 3.8) is 0 Å². The summed E-state index contributed by atoms with van der Waals surface area (Å²) in [4.78, 5) is 35.1. The summed E-state index contributed by atoms with van der Waals surface area (Å²) in [7, 11) is 7.06. The number of thioether (sulfide) groups is 1. The molecule has 0 aromatic heterocycles. The minimum atomic E-state index is -0.573. The van der Waals surface area contributed by atoms with Crippen LogP contribution in [0.15, 0.2) is 75.9 Å². The van der Waals surface area contributed by atoms with Crippen LogP contribution in [0, 0.1) is 0 Å². The van der Waals surface area contributed by atoms with Crippen molar-refractivity contribution in [3.05, 3.63) is 82.0 Å². The third-order valence-corrected chi connectivity index (χ3v) is 7.27. The van der Waals surface area contributed by atoms with Crippen LogP contribution in [-0.4, -0.2) is 68.2 Å². The smallest absolute Gasteiger partial charge is 0.338 e. The van der Waals surface area contributed by atoms with Crippen molar-refractivity contribution < 1.29 is 23.8 Å². The van der Waals surface area contributed by atoms with Crippen LogP contribution in [0.4, 0.5) is 0 Å². The van der Waals surface area contributed by atoms with Crippen molar-refractivity contribution in [1.82, 2.24) is 15.1 Å². The number of rotatable bonds is 11. The summed E-state index contributed by atoms with van der Waals surface area (Å²) in [6.45, 7) is 3.23. The van der Waals surface area contributed by atoms with Gasteiger partial charge in [0.2, 0.25) is 5.91 Å². The lowest BCUT2D eigenvalue weighted by atomic mass is 9.93. The molecule has 39 heavy (non-hydrogen) atoms. The van der Waals surface area contributed by atoms with E-state index in [0.717, 1.165) is 23.4 Å². The second kappa shape index (κ2) is 12.9. The predicted octanol–water partition coefficient (Wildman–Crippen LogP) is 4.09. The van der Waals surface area contributed by atoms with E-state index in [1.54, 1.807) is 14.2 Å². The Morgan fingerprint density at radius 2 is 1.82 bits per heavy atom. The monoisotopic (exact) mass is 550 g/mol. The Morgan fingerprint density at radius 1 is 1.08 bits per heavy atom. The van der Waals surface area contributed by atoms with Gasteiger partial charge >= 0.3 is 5.97 Å². The second-order valence-electron chi connectivity index (χ2n) is 9.40. The van der Waals surface area contributed by atoms with Crippen molar-refractivity contribution in [1.29, 1.82) is 0 Å². The van der Waals surface area contributed by atoms with Crippen LogP contribution < -0.4 is 14.8 Å². The number of amides is 1. The molecule has 2 aromatic carbocycles. The fraction of sp³-hybridized carbons (Fsp3) is 0.345. The Morgan fingerprint density at radius 3 is 2.51 bits per heavy atom. The Labute approximate surface area is 233 Å². The van der Waals surface area contributed by atoms with E-state index >= 15 is 0 Å². The SMILES string of the molecule is COc1ccc(C2C(C(=O)OCc3ccccc3)=C(C)N=C3SC=C(CC(=O)NCCN(C)C)N32)cc1OC. The molecule has 0 bridgehead atoms. The number of nitrogens with one attached hydrogen (secondary N) is 1. The van der Waals surface area contributed by atoms with Crippen molar-refractivity contribution in [3.8, 4) is 11.5 Å². The van der Waals surface area contributed by atoms with Gasteiger partial charge in [0, 0.05) is 18.8 Å². The fourth-order valence-electron chi connectivity index (χ4n) is 4.42. The van der Waals surface area contributed by atoms with Crippen LogP contribution in [0.3, 0.4) is 0 Å². The summed E-state index contributed by atoms with van der Waals surface area (Å²) in [5, 5.41) is 5.59. The number of methoxy groups -OCH3 is 2. The number of likely N-dealkylation sites (N-methyl/N-ethyl adjacent to an activating group) is 1. The van der Waals surface area contributed by atoms with E-state index < -0.39 is 12.0 Å². The molecule has 1 amide bonds. The third-order valence-electron chi connectivity index (χ3n) is 6.38. The Bertz CT molecular complexity index is 1310. The molecule has 0 spiro atoms. The minimum absolute atomic E-state index is 0.101. The zero-order valence-corrected chi connectivity index (χ0v) is 23.7. The molecule has 2 aliphatic rings. The molecule has 9 nitrogen and oxygen atoms in total. The van der Waals surface area contributed by atoms with Gasteiger partial charge in [-0.3, -0.25) is 4.79 Å². The molecule has 1 N–H and O–H groups in total. The molecular weight excluding hydrogens is 516 g/mol. The highest BCUT2D eigenvalue weighted by Crippen LogP contribution is 2.46. The van der Waals surface area contributed by atoms with E-state index in [2.05, 4.69) is 5.32 Å². The number of benzene rings is 2. The quantitative estimate of drug-likeness (QED) is 0.419. The largest absolute Gasteiger partial charge is 0.493 e. The summed E-state index contributed by atoms with van der Waals surface area (Å²) < 4.78 is 16.8. The number of hydrogen-bond acceptors (Lipinski definition) is 9. The summed E-state index contributed by atoms with van der Waals surface area (Å²) in [6.07, 6.45) is 0.147. The van der Waals surface area contributed by atoms with Crippen LogP contribution in [0.1, 0.15) is 30.5 Å². The number of ether oxygens (including phenoxy) is 3. The average molecular weight is 551 g/mol. The molecule has 0 aliphatic carbocycles. The number of carbonyl (C=O) groups is 2. The van der Waals surface area contributed by atoms with Gasteiger partial charge in [0.05, 0.1) is 38.0 Å². The maximum atomic E-state index is 13.6. The maximum absolute atomic E-state index is 13.6. The van der Waals surface area contributed by atoms with Crippen LogP contribution in [0.5, 0.6) is 11.5 Å². The average Bonchev–Trinajstić information content (AvgIpc) is 3.32. The van der Waals surface area contributed by atoms with Gasteiger partial charge in [-0.2, -0.15) is 0 Å². The van der Waals surface area contributed by atoms with Crippen molar-refractivity contribution in [2.24, 2.45) is 4.99 Å². The number of nitrogens with zero attached hydrogens (tertiary/aromatic N) is 3. The van der Waals surface area contributed by atoms with Crippen LogP contribution >= 0.6 is 11.8 Å². The zero-order chi connectivity index (χ0) is 27.9. The summed E-state index contributed by atoms with van der Waals surface area (Å²) in [5.74, 6) is 0.542. The molecule has 2 heterocycles. The summed E-state index contributed by atoms with van der Waals surface area (Å²) in [6, 6.07) is 14.5. The normalized spacial score (nSPS) is 16.5. The molecule has 206 valence electrons. The molecule has 0 saturated heterocycles.